The van der Waals surface area contributed by atoms with E-state index in [4.69, 9.17) is 4.98 Å². The minimum Gasteiger partial charge on any atom is -0.356 e. The van der Waals surface area contributed by atoms with Crippen LogP contribution in [0.25, 0.3) is 22.3 Å². The second-order valence-corrected chi connectivity index (χ2v) is 10.8. The molecule has 10 heteroatoms. The summed E-state index contributed by atoms with van der Waals surface area (Å²) < 4.78 is 0. The highest BCUT2D eigenvalue weighted by atomic mass is 16.2. The summed E-state index contributed by atoms with van der Waals surface area (Å²) >= 11 is 0. The van der Waals surface area contributed by atoms with E-state index in [-0.39, 0.29) is 6.04 Å². The number of hydrogen-bond donors (Lipinski definition) is 2. The highest BCUT2D eigenvalue weighted by Crippen LogP contribution is 2.32. The molecule has 1 saturated carbocycles. The van der Waals surface area contributed by atoms with Gasteiger partial charge in [0.2, 0.25) is 11.9 Å². The Morgan fingerprint density at radius 2 is 1.85 bits per heavy atom. The first-order valence-corrected chi connectivity index (χ1v) is 13.9. The molecule has 0 bridgehead atoms. The molecule has 7 rings (SSSR count). The summed E-state index contributed by atoms with van der Waals surface area (Å²) in [5, 5.41) is 3.35. The lowest BCUT2D eigenvalue weighted by molar-refractivity contribution is -0.134. The van der Waals surface area contributed by atoms with Crippen LogP contribution < -0.4 is 10.2 Å². The Balaban J connectivity index is 1.03. The Hall–Kier alpha value is -4.05. The molecule has 200 valence electrons. The minimum atomic E-state index is 0.235. The van der Waals surface area contributed by atoms with Gasteiger partial charge in [-0.1, -0.05) is 6.07 Å². The first kappa shape index (κ1) is 24.0. The second kappa shape index (κ2) is 9.92. The van der Waals surface area contributed by atoms with E-state index in [0.29, 0.717) is 17.8 Å². The third-order valence-electron chi connectivity index (χ3n) is 8.22. The maximum Gasteiger partial charge on any atom is 0.225 e. The SMILES string of the molecule is CC(c1ccnc(Nc2nc3ccc(-c4cc(N5CCC5)ncn4)cc3[nH]2)c1)N1CCN(C(=O)C2CC2)CC1. The van der Waals surface area contributed by atoms with E-state index in [0.717, 1.165) is 86.0 Å². The zero-order valence-corrected chi connectivity index (χ0v) is 22.2. The fraction of sp³-hybridized carbons (Fsp3) is 0.414. The van der Waals surface area contributed by atoms with Crippen LogP contribution in [0.1, 0.15) is 37.8 Å². The third-order valence-corrected chi connectivity index (χ3v) is 8.22. The van der Waals surface area contributed by atoms with Crippen LogP contribution in [0.5, 0.6) is 0 Å². The molecule has 1 unspecified atom stereocenters. The number of H-pyrrole nitrogens is 1. The van der Waals surface area contributed by atoms with Gasteiger partial charge >= 0.3 is 0 Å². The molecule has 3 aromatic heterocycles. The Morgan fingerprint density at radius 3 is 2.62 bits per heavy atom. The van der Waals surface area contributed by atoms with Crippen LogP contribution in [0.2, 0.25) is 0 Å². The molecule has 39 heavy (non-hydrogen) atoms. The number of aromatic nitrogens is 5. The Labute approximate surface area is 227 Å². The smallest absolute Gasteiger partial charge is 0.225 e. The van der Waals surface area contributed by atoms with Gasteiger partial charge in [0.15, 0.2) is 0 Å². The van der Waals surface area contributed by atoms with Crippen LogP contribution in [-0.2, 0) is 4.79 Å². The molecule has 2 N–H and O–H groups in total. The highest BCUT2D eigenvalue weighted by Gasteiger charge is 2.35. The van der Waals surface area contributed by atoms with Crippen LogP contribution >= 0.6 is 0 Å². The minimum absolute atomic E-state index is 0.235. The van der Waals surface area contributed by atoms with E-state index in [9.17, 15) is 4.79 Å². The van der Waals surface area contributed by atoms with Crippen molar-refractivity contribution in [2.45, 2.75) is 32.2 Å². The predicted molar refractivity (Wildman–Crippen MR) is 151 cm³/mol. The lowest BCUT2D eigenvalue weighted by atomic mass is 10.1. The number of benzene rings is 1. The van der Waals surface area contributed by atoms with Gasteiger partial charge in [0, 0.05) is 69.1 Å². The Kier molecular flexibility index (Phi) is 6.11. The number of fused-ring (bicyclic) bond motifs is 1. The van der Waals surface area contributed by atoms with Crippen molar-refractivity contribution in [3.63, 3.8) is 0 Å². The molecule has 4 aromatic rings. The molecule has 1 aliphatic carbocycles. The standard InChI is InChI=1S/C29H33N9O/c1-19(36-11-13-38(14-12-36)28(39)20-3-4-20)21-7-8-30-26(16-21)35-29-33-23-6-5-22(15-25(23)34-29)24-17-27(32-18-31-24)37-9-2-10-37/h5-8,15-20H,2-4,9-14H2,1H3,(H2,30,33,34,35). The quantitative estimate of drug-likeness (QED) is 0.375. The van der Waals surface area contributed by atoms with Gasteiger partial charge in [0.25, 0.3) is 0 Å². The number of anilines is 3. The average Bonchev–Trinajstić information content (AvgIpc) is 3.71. The molecule has 2 saturated heterocycles. The van der Waals surface area contributed by atoms with Crippen molar-refractivity contribution >= 4 is 34.5 Å². The Bertz CT molecular complexity index is 1500. The normalized spacial score (nSPS) is 18.7. The molecule has 0 spiro atoms. The van der Waals surface area contributed by atoms with E-state index in [1.54, 1.807) is 6.33 Å². The summed E-state index contributed by atoms with van der Waals surface area (Å²) in [6.45, 7) is 7.73. The Morgan fingerprint density at radius 1 is 1.00 bits per heavy atom. The van der Waals surface area contributed by atoms with Crippen LogP contribution in [0.15, 0.2) is 48.9 Å². The van der Waals surface area contributed by atoms with Crippen LogP contribution in [-0.4, -0.2) is 79.9 Å². The van der Waals surface area contributed by atoms with Crippen molar-refractivity contribution in [3.05, 3.63) is 54.5 Å². The summed E-state index contributed by atoms with van der Waals surface area (Å²) in [6.07, 6.45) is 6.82. The molecule has 2 aliphatic heterocycles. The molecule has 0 radical (unpaired) electrons. The van der Waals surface area contributed by atoms with Crippen LogP contribution in [0, 0.1) is 5.92 Å². The molecular weight excluding hydrogens is 490 g/mol. The lowest BCUT2D eigenvalue weighted by Crippen LogP contribution is -2.49. The van der Waals surface area contributed by atoms with Crippen molar-refractivity contribution in [2.24, 2.45) is 5.92 Å². The number of imidazole rings is 1. The van der Waals surface area contributed by atoms with Gasteiger partial charge in [-0.15, -0.1) is 0 Å². The number of pyridine rings is 1. The summed E-state index contributed by atoms with van der Waals surface area (Å²) in [5.74, 6) is 3.02. The van der Waals surface area contributed by atoms with Gasteiger partial charge in [0.05, 0.1) is 16.7 Å². The zero-order valence-electron chi connectivity index (χ0n) is 22.2. The number of amides is 1. The molecule has 3 aliphatic rings. The highest BCUT2D eigenvalue weighted by molar-refractivity contribution is 5.83. The lowest BCUT2D eigenvalue weighted by Gasteiger charge is -2.38. The van der Waals surface area contributed by atoms with E-state index in [1.165, 1.54) is 12.0 Å². The van der Waals surface area contributed by atoms with Crippen molar-refractivity contribution in [3.8, 4) is 11.3 Å². The third kappa shape index (κ3) is 4.92. The van der Waals surface area contributed by atoms with Gasteiger partial charge in [-0.3, -0.25) is 9.69 Å². The maximum atomic E-state index is 12.4. The van der Waals surface area contributed by atoms with Crippen molar-refractivity contribution in [1.82, 2.24) is 34.7 Å². The topological polar surface area (TPSA) is 106 Å². The fourth-order valence-electron chi connectivity index (χ4n) is 5.48. The van der Waals surface area contributed by atoms with E-state index < -0.39 is 0 Å². The number of piperazine rings is 1. The number of aromatic amines is 1. The zero-order chi connectivity index (χ0) is 26.3. The fourth-order valence-corrected chi connectivity index (χ4v) is 5.48. The largest absolute Gasteiger partial charge is 0.356 e. The first-order chi connectivity index (χ1) is 19.1. The molecule has 3 fully saturated rings. The van der Waals surface area contributed by atoms with Gasteiger partial charge in [-0.05, 0) is 56.0 Å². The van der Waals surface area contributed by atoms with E-state index >= 15 is 0 Å². The number of carbonyl (C=O) groups excluding carboxylic acids is 1. The summed E-state index contributed by atoms with van der Waals surface area (Å²) in [4.78, 5) is 40.7. The van der Waals surface area contributed by atoms with E-state index in [2.05, 4.69) is 66.2 Å². The van der Waals surface area contributed by atoms with Gasteiger partial charge < -0.3 is 20.1 Å². The summed E-state index contributed by atoms with van der Waals surface area (Å²) in [6, 6.07) is 12.6. The number of rotatable bonds is 7. The first-order valence-electron chi connectivity index (χ1n) is 13.9. The van der Waals surface area contributed by atoms with Gasteiger partial charge in [0.1, 0.15) is 18.0 Å². The molecule has 1 amide bonds. The van der Waals surface area contributed by atoms with Gasteiger partial charge in [-0.2, -0.15) is 0 Å². The van der Waals surface area contributed by atoms with Crippen molar-refractivity contribution in [2.75, 3.05) is 49.5 Å². The molecular formula is C29H33N9O. The second-order valence-electron chi connectivity index (χ2n) is 10.8. The summed E-state index contributed by atoms with van der Waals surface area (Å²) in [7, 11) is 0. The predicted octanol–water partition coefficient (Wildman–Crippen LogP) is 3.98. The number of carbonyl (C=O) groups is 1. The van der Waals surface area contributed by atoms with Crippen molar-refractivity contribution in [1.29, 1.82) is 0 Å². The van der Waals surface area contributed by atoms with Crippen LogP contribution in [0.4, 0.5) is 17.6 Å². The summed E-state index contributed by atoms with van der Waals surface area (Å²) in [5.41, 5.74) is 4.92. The van der Waals surface area contributed by atoms with Gasteiger partial charge in [-0.25, -0.2) is 19.9 Å². The van der Waals surface area contributed by atoms with Crippen molar-refractivity contribution < 1.29 is 4.79 Å². The number of nitrogens with one attached hydrogen (secondary N) is 2. The number of nitrogens with zero attached hydrogens (tertiary/aromatic N) is 7. The number of hydrogen-bond acceptors (Lipinski definition) is 8. The maximum absolute atomic E-state index is 12.4. The molecule has 1 atom stereocenters. The molecule has 5 heterocycles. The molecule has 1 aromatic carbocycles. The monoisotopic (exact) mass is 523 g/mol. The average molecular weight is 524 g/mol. The molecule has 10 nitrogen and oxygen atoms in total. The van der Waals surface area contributed by atoms with Crippen LogP contribution in [0.3, 0.4) is 0 Å². The van der Waals surface area contributed by atoms with E-state index in [1.807, 2.05) is 23.2 Å².